The number of aryl methyl sites for hydroxylation is 1. The summed E-state index contributed by atoms with van der Waals surface area (Å²) in [6.07, 6.45) is 2.80. The number of hydrogen-bond donors (Lipinski definition) is 0. The summed E-state index contributed by atoms with van der Waals surface area (Å²) < 4.78 is 0. The van der Waals surface area contributed by atoms with Gasteiger partial charge in [-0.1, -0.05) is 13.3 Å². The zero-order chi connectivity index (χ0) is 7.84. The van der Waals surface area contributed by atoms with Crippen LogP contribution < -0.4 is 0 Å². The van der Waals surface area contributed by atoms with E-state index in [2.05, 4.69) is 25.3 Å². The van der Waals surface area contributed by atoms with Crippen molar-refractivity contribution in [2.45, 2.75) is 32.6 Å². The van der Waals surface area contributed by atoms with Crippen LogP contribution in [0.3, 0.4) is 0 Å². The molecule has 0 saturated heterocycles. The molecule has 0 aromatic carbocycles. The minimum absolute atomic E-state index is 0.921. The van der Waals surface area contributed by atoms with Crippen LogP contribution in [0.2, 0.25) is 0 Å². The van der Waals surface area contributed by atoms with Crippen LogP contribution in [0.4, 0.5) is 0 Å². The molecule has 2 atom stereocenters. The third-order valence-electron chi connectivity index (χ3n) is 2.63. The number of hydrogen-bond acceptors (Lipinski definition) is 1. The molecule has 11 heavy (non-hydrogen) atoms. The average molecular weight is 166 g/mol. The Morgan fingerprint density at radius 3 is 2.91 bits per heavy atom. The molecule has 1 aliphatic carbocycles. The lowest BCUT2D eigenvalue weighted by Gasteiger charge is -1.90. The highest BCUT2D eigenvalue weighted by atomic mass is 32.1. The predicted molar refractivity (Wildman–Crippen MR) is 50.2 cm³/mol. The quantitative estimate of drug-likeness (QED) is 0.630. The van der Waals surface area contributed by atoms with E-state index in [1.54, 1.807) is 5.56 Å². The van der Waals surface area contributed by atoms with Crippen molar-refractivity contribution in [1.82, 2.24) is 0 Å². The lowest BCUT2D eigenvalue weighted by molar-refractivity contribution is 0.767. The summed E-state index contributed by atoms with van der Waals surface area (Å²) in [5.74, 6) is 1.92. The molecule has 0 spiro atoms. The molecule has 0 aliphatic heterocycles. The van der Waals surface area contributed by atoms with E-state index in [-0.39, 0.29) is 0 Å². The normalized spacial score (nSPS) is 28.9. The Morgan fingerprint density at radius 2 is 2.45 bits per heavy atom. The largest absolute Gasteiger partial charge is 0.149 e. The molecule has 1 heteroatoms. The van der Waals surface area contributed by atoms with Crippen LogP contribution in [-0.4, -0.2) is 0 Å². The van der Waals surface area contributed by atoms with Gasteiger partial charge in [0.15, 0.2) is 0 Å². The van der Waals surface area contributed by atoms with Crippen molar-refractivity contribution < 1.29 is 0 Å². The smallest absolute Gasteiger partial charge is 0.00171 e. The Kier molecular flexibility index (Phi) is 1.76. The third-order valence-corrected chi connectivity index (χ3v) is 3.51. The molecule has 0 N–H and O–H groups in total. The Balaban J connectivity index is 2.08. The maximum atomic E-state index is 2.35. The second kappa shape index (κ2) is 2.63. The molecule has 1 aromatic heterocycles. The monoisotopic (exact) mass is 166 g/mol. The molecule has 0 nitrogen and oxygen atoms in total. The third kappa shape index (κ3) is 1.34. The van der Waals surface area contributed by atoms with Crippen LogP contribution in [0.15, 0.2) is 11.4 Å². The maximum absolute atomic E-state index is 2.35. The van der Waals surface area contributed by atoms with Gasteiger partial charge in [0.05, 0.1) is 0 Å². The maximum Gasteiger partial charge on any atom is 0.00171 e. The summed E-state index contributed by atoms with van der Waals surface area (Å²) in [6, 6.07) is 2.35. The van der Waals surface area contributed by atoms with E-state index in [1.165, 1.54) is 17.7 Å². The Bertz CT molecular complexity index is 249. The number of rotatable bonds is 2. The van der Waals surface area contributed by atoms with Crippen LogP contribution >= 0.6 is 11.3 Å². The molecule has 1 saturated carbocycles. The van der Waals surface area contributed by atoms with Gasteiger partial charge >= 0.3 is 0 Å². The Labute approximate surface area is 72.3 Å². The molecule has 1 heterocycles. The molecule has 1 aliphatic rings. The molecular weight excluding hydrogens is 152 g/mol. The van der Waals surface area contributed by atoms with Crippen LogP contribution in [0.5, 0.6) is 0 Å². The van der Waals surface area contributed by atoms with Gasteiger partial charge in [0.25, 0.3) is 0 Å². The molecule has 1 aromatic rings. The van der Waals surface area contributed by atoms with Gasteiger partial charge in [-0.2, -0.15) is 0 Å². The molecule has 2 rings (SSSR count). The lowest BCUT2D eigenvalue weighted by atomic mass is 10.1. The summed E-state index contributed by atoms with van der Waals surface area (Å²) >= 11 is 1.89. The predicted octanol–water partition coefficient (Wildman–Crippen LogP) is 3.57. The summed E-state index contributed by atoms with van der Waals surface area (Å²) in [4.78, 5) is 1.46. The first kappa shape index (κ1) is 7.35. The molecule has 60 valence electrons. The summed E-state index contributed by atoms with van der Waals surface area (Å²) in [7, 11) is 0. The van der Waals surface area contributed by atoms with Crippen LogP contribution in [0.25, 0.3) is 0 Å². The SMILES string of the molecule is CCC1CC1c1csc(C)c1. The van der Waals surface area contributed by atoms with Crippen molar-refractivity contribution in [2.24, 2.45) is 5.92 Å². The first-order valence-electron chi connectivity index (χ1n) is 4.36. The zero-order valence-corrected chi connectivity index (χ0v) is 7.95. The lowest BCUT2D eigenvalue weighted by Crippen LogP contribution is -1.76. The van der Waals surface area contributed by atoms with Crippen molar-refractivity contribution in [1.29, 1.82) is 0 Å². The van der Waals surface area contributed by atoms with Crippen molar-refractivity contribution in [3.63, 3.8) is 0 Å². The highest BCUT2D eigenvalue weighted by Gasteiger charge is 2.36. The minimum Gasteiger partial charge on any atom is -0.149 e. The molecule has 0 amide bonds. The van der Waals surface area contributed by atoms with Gasteiger partial charge in [0.1, 0.15) is 0 Å². The molecular formula is C10H14S. The van der Waals surface area contributed by atoms with E-state index < -0.39 is 0 Å². The van der Waals surface area contributed by atoms with Crippen molar-refractivity contribution >= 4 is 11.3 Å². The first-order valence-corrected chi connectivity index (χ1v) is 5.24. The summed E-state index contributed by atoms with van der Waals surface area (Å²) in [6.45, 7) is 4.49. The summed E-state index contributed by atoms with van der Waals surface area (Å²) in [5.41, 5.74) is 1.60. The van der Waals surface area contributed by atoms with E-state index >= 15 is 0 Å². The van der Waals surface area contributed by atoms with Crippen LogP contribution in [0.1, 0.15) is 36.1 Å². The average Bonchev–Trinajstić information content (AvgIpc) is 2.68. The minimum atomic E-state index is 0.921. The van der Waals surface area contributed by atoms with Crippen molar-refractivity contribution in [2.75, 3.05) is 0 Å². The standard InChI is InChI=1S/C10H14S/c1-3-8-5-10(8)9-4-7(2)11-6-9/h4,6,8,10H,3,5H2,1-2H3. The highest BCUT2D eigenvalue weighted by molar-refractivity contribution is 7.10. The van der Waals surface area contributed by atoms with Gasteiger partial charge in [-0.15, -0.1) is 11.3 Å². The van der Waals surface area contributed by atoms with E-state index in [0.29, 0.717) is 0 Å². The molecule has 0 bridgehead atoms. The van der Waals surface area contributed by atoms with Crippen LogP contribution in [-0.2, 0) is 0 Å². The number of thiophene rings is 1. The second-order valence-corrected chi connectivity index (χ2v) is 4.62. The van der Waals surface area contributed by atoms with Crippen LogP contribution in [0, 0.1) is 12.8 Å². The highest BCUT2D eigenvalue weighted by Crippen LogP contribution is 2.50. The molecule has 0 radical (unpaired) electrons. The van der Waals surface area contributed by atoms with Gasteiger partial charge in [0, 0.05) is 4.88 Å². The van der Waals surface area contributed by atoms with Gasteiger partial charge in [-0.25, -0.2) is 0 Å². The van der Waals surface area contributed by atoms with Gasteiger partial charge < -0.3 is 0 Å². The fourth-order valence-electron chi connectivity index (χ4n) is 1.77. The Morgan fingerprint density at radius 1 is 1.64 bits per heavy atom. The van der Waals surface area contributed by atoms with Gasteiger partial charge in [-0.05, 0) is 42.2 Å². The van der Waals surface area contributed by atoms with E-state index in [4.69, 9.17) is 0 Å². The van der Waals surface area contributed by atoms with E-state index in [0.717, 1.165) is 11.8 Å². The summed E-state index contributed by atoms with van der Waals surface area (Å²) in [5, 5.41) is 2.33. The van der Waals surface area contributed by atoms with Crippen molar-refractivity contribution in [3.05, 3.63) is 21.9 Å². The molecule has 2 unspecified atom stereocenters. The zero-order valence-electron chi connectivity index (χ0n) is 7.13. The topological polar surface area (TPSA) is 0 Å². The fraction of sp³-hybridized carbons (Fsp3) is 0.600. The van der Waals surface area contributed by atoms with E-state index in [9.17, 15) is 0 Å². The van der Waals surface area contributed by atoms with Crippen molar-refractivity contribution in [3.8, 4) is 0 Å². The van der Waals surface area contributed by atoms with Gasteiger partial charge in [0.2, 0.25) is 0 Å². The second-order valence-electron chi connectivity index (χ2n) is 3.50. The first-order chi connectivity index (χ1) is 5.31. The van der Waals surface area contributed by atoms with Gasteiger partial charge in [-0.3, -0.25) is 0 Å². The van der Waals surface area contributed by atoms with E-state index in [1.807, 2.05) is 11.3 Å². The molecule has 1 fully saturated rings. The fourth-order valence-corrected chi connectivity index (χ4v) is 2.53. The Hall–Kier alpha value is -0.300.